The van der Waals surface area contributed by atoms with Crippen molar-refractivity contribution in [1.82, 2.24) is 9.55 Å². The van der Waals surface area contributed by atoms with Crippen molar-refractivity contribution in [3.8, 4) is 0 Å². The average molecular weight is 386 g/mol. The van der Waals surface area contributed by atoms with Crippen LogP contribution in [0.15, 0.2) is 40.3 Å². The van der Waals surface area contributed by atoms with E-state index in [-0.39, 0.29) is 35.8 Å². The number of nitrogens with one attached hydrogen (secondary N) is 2. The van der Waals surface area contributed by atoms with Crippen LogP contribution in [0.3, 0.4) is 0 Å². The van der Waals surface area contributed by atoms with E-state index < -0.39 is 0 Å². The van der Waals surface area contributed by atoms with Crippen LogP contribution in [0.1, 0.15) is 44.8 Å². The lowest BCUT2D eigenvalue weighted by atomic mass is 10.1. The standard InChI is InChI=1S/C19H22N4O3S/c1-11(2)16-9-18(26)23-15(10-27-19(23)22-16)8-17(25)21-14-6-4-13(5-7-14)20-12(3)24/h4-7,9,11,15H,8,10H2,1-3H3,(H,20,24)(H,21,25). The number of fused-ring (bicyclic) bond motifs is 1. The van der Waals surface area contributed by atoms with Crippen LogP contribution in [0.25, 0.3) is 0 Å². The van der Waals surface area contributed by atoms with Crippen molar-refractivity contribution >= 4 is 35.0 Å². The van der Waals surface area contributed by atoms with Crippen molar-refractivity contribution in [1.29, 1.82) is 0 Å². The second kappa shape index (κ2) is 7.96. The first-order valence-electron chi connectivity index (χ1n) is 8.77. The third kappa shape index (κ3) is 4.57. The van der Waals surface area contributed by atoms with Crippen molar-refractivity contribution in [2.75, 3.05) is 16.4 Å². The van der Waals surface area contributed by atoms with E-state index in [1.165, 1.54) is 18.7 Å². The Kier molecular flexibility index (Phi) is 5.65. The Hall–Kier alpha value is -2.61. The number of nitrogens with zero attached hydrogens (tertiary/aromatic N) is 2. The number of amides is 2. The Labute approximate surface area is 161 Å². The van der Waals surface area contributed by atoms with Gasteiger partial charge in [-0.3, -0.25) is 19.0 Å². The maximum Gasteiger partial charge on any atom is 0.254 e. The third-order valence-corrected chi connectivity index (χ3v) is 5.31. The summed E-state index contributed by atoms with van der Waals surface area (Å²) >= 11 is 1.51. The van der Waals surface area contributed by atoms with Crippen LogP contribution >= 0.6 is 11.8 Å². The van der Waals surface area contributed by atoms with Crippen molar-refractivity contribution in [3.05, 3.63) is 46.4 Å². The van der Waals surface area contributed by atoms with Gasteiger partial charge in [-0.25, -0.2) is 4.98 Å². The molecule has 1 aromatic heterocycles. The Balaban J connectivity index is 1.66. The molecular weight excluding hydrogens is 364 g/mol. The predicted molar refractivity (Wildman–Crippen MR) is 106 cm³/mol. The van der Waals surface area contributed by atoms with E-state index in [4.69, 9.17) is 0 Å². The van der Waals surface area contributed by atoms with E-state index in [9.17, 15) is 14.4 Å². The highest BCUT2D eigenvalue weighted by atomic mass is 32.2. The molecule has 1 aliphatic heterocycles. The van der Waals surface area contributed by atoms with Crippen molar-refractivity contribution in [2.24, 2.45) is 0 Å². The molecule has 0 spiro atoms. The molecule has 0 saturated carbocycles. The summed E-state index contributed by atoms with van der Waals surface area (Å²) in [4.78, 5) is 40.4. The molecule has 3 rings (SSSR count). The maximum atomic E-state index is 12.5. The Morgan fingerprint density at radius 3 is 2.44 bits per heavy atom. The minimum atomic E-state index is -0.204. The zero-order chi connectivity index (χ0) is 19.6. The highest BCUT2D eigenvalue weighted by Gasteiger charge is 2.28. The van der Waals surface area contributed by atoms with Gasteiger partial charge in [-0.1, -0.05) is 25.6 Å². The van der Waals surface area contributed by atoms with Crippen LogP contribution in [-0.2, 0) is 9.59 Å². The molecular formula is C19H22N4O3S. The van der Waals surface area contributed by atoms with E-state index in [1.54, 1.807) is 34.9 Å². The summed E-state index contributed by atoms with van der Waals surface area (Å²) in [6.07, 6.45) is 0.204. The molecule has 2 heterocycles. The lowest BCUT2D eigenvalue weighted by Crippen LogP contribution is -2.28. The molecule has 0 bridgehead atoms. The van der Waals surface area contributed by atoms with E-state index in [0.29, 0.717) is 22.3 Å². The second-order valence-electron chi connectivity index (χ2n) is 6.80. The molecule has 142 valence electrons. The summed E-state index contributed by atoms with van der Waals surface area (Å²) < 4.78 is 1.62. The van der Waals surface area contributed by atoms with Crippen molar-refractivity contribution in [2.45, 2.75) is 44.3 Å². The van der Waals surface area contributed by atoms with Crippen molar-refractivity contribution in [3.63, 3.8) is 0 Å². The van der Waals surface area contributed by atoms with E-state index in [0.717, 1.165) is 5.69 Å². The van der Waals surface area contributed by atoms with Crippen LogP contribution in [-0.4, -0.2) is 27.1 Å². The SMILES string of the molecule is CC(=O)Nc1ccc(NC(=O)CC2CSc3nc(C(C)C)cc(=O)n32)cc1. The average Bonchev–Trinajstić information content (AvgIpc) is 2.99. The van der Waals surface area contributed by atoms with Gasteiger partial charge in [-0.2, -0.15) is 0 Å². The zero-order valence-corrected chi connectivity index (χ0v) is 16.3. The van der Waals surface area contributed by atoms with Gasteiger partial charge in [0.05, 0.1) is 11.7 Å². The lowest BCUT2D eigenvalue weighted by Gasteiger charge is -2.14. The maximum absolute atomic E-state index is 12.5. The van der Waals surface area contributed by atoms with Gasteiger partial charge in [0, 0.05) is 36.5 Å². The molecule has 1 atom stereocenters. The highest BCUT2D eigenvalue weighted by molar-refractivity contribution is 7.99. The summed E-state index contributed by atoms with van der Waals surface area (Å²) in [6.45, 7) is 5.44. The Morgan fingerprint density at radius 2 is 1.85 bits per heavy atom. The molecule has 0 fully saturated rings. The fourth-order valence-electron chi connectivity index (χ4n) is 2.88. The smallest absolute Gasteiger partial charge is 0.254 e. The van der Waals surface area contributed by atoms with Gasteiger partial charge in [-0.15, -0.1) is 0 Å². The van der Waals surface area contributed by atoms with Gasteiger partial charge >= 0.3 is 0 Å². The number of carbonyl (C=O) groups is 2. The number of rotatable bonds is 5. The first-order valence-corrected chi connectivity index (χ1v) is 9.76. The molecule has 27 heavy (non-hydrogen) atoms. The number of thioether (sulfide) groups is 1. The molecule has 2 amide bonds. The first kappa shape index (κ1) is 19.2. The summed E-state index contributed by atoms with van der Waals surface area (Å²) in [5.74, 6) is 0.523. The van der Waals surface area contributed by atoms with Gasteiger partial charge in [0.2, 0.25) is 11.8 Å². The Morgan fingerprint density at radius 1 is 1.22 bits per heavy atom. The molecule has 1 aliphatic rings. The fraction of sp³-hybridized carbons (Fsp3) is 0.368. The number of aromatic nitrogens is 2. The minimum absolute atomic E-state index is 0.105. The van der Waals surface area contributed by atoms with E-state index >= 15 is 0 Å². The van der Waals surface area contributed by atoms with Crippen LogP contribution in [0.4, 0.5) is 11.4 Å². The zero-order valence-electron chi connectivity index (χ0n) is 15.5. The number of hydrogen-bond donors (Lipinski definition) is 2. The van der Waals surface area contributed by atoms with Crippen LogP contribution in [0, 0.1) is 0 Å². The van der Waals surface area contributed by atoms with Gasteiger partial charge in [-0.05, 0) is 30.2 Å². The highest BCUT2D eigenvalue weighted by Crippen LogP contribution is 2.33. The molecule has 7 nitrogen and oxygen atoms in total. The third-order valence-electron chi connectivity index (χ3n) is 4.21. The van der Waals surface area contributed by atoms with E-state index in [1.807, 2.05) is 13.8 Å². The second-order valence-corrected chi connectivity index (χ2v) is 7.79. The quantitative estimate of drug-likeness (QED) is 0.771. The van der Waals surface area contributed by atoms with Crippen LogP contribution in [0.5, 0.6) is 0 Å². The minimum Gasteiger partial charge on any atom is -0.326 e. The molecule has 1 aromatic carbocycles. The predicted octanol–water partition coefficient (Wildman–Crippen LogP) is 3.00. The molecule has 0 saturated heterocycles. The lowest BCUT2D eigenvalue weighted by molar-refractivity contribution is -0.117. The largest absolute Gasteiger partial charge is 0.326 e. The number of carbonyl (C=O) groups excluding carboxylic acids is 2. The molecule has 0 radical (unpaired) electrons. The van der Waals surface area contributed by atoms with Gasteiger partial charge in [0.25, 0.3) is 5.56 Å². The number of benzene rings is 1. The first-order chi connectivity index (χ1) is 12.8. The van der Waals surface area contributed by atoms with E-state index in [2.05, 4.69) is 15.6 Å². The molecule has 0 aliphatic carbocycles. The normalized spacial score (nSPS) is 15.5. The van der Waals surface area contributed by atoms with Gasteiger partial charge in [0.15, 0.2) is 5.16 Å². The van der Waals surface area contributed by atoms with Crippen LogP contribution < -0.4 is 16.2 Å². The molecule has 2 N–H and O–H groups in total. The molecule has 2 aromatic rings. The topological polar surface area (TPSA) is 93.1 Å². The summed E-state index contributed by atoms with van der Waals surface area (Å²) in [5, 5.41) is 6.19. The van der Waals surface area contributed by atoms with Crippen molar-refractivity contribution < 1.29 is 9.59 Å². The fourth-order valence-corrected chi connectivity index (χ4v) is 4.04. The van der Waals surface area contributed by atoms with Crippen LogP contribution in [0.2, 0.25) is 0 Å². The summed E-state index contributed by atoms with van der Waals surface area (Å²) in [7, 11) is 0. The molecule has 1 unspecified atom stereocenters. The van der Waals surface area contributed by atoms with Gasteiger partial charge < -0.3 is 10.6 Å². The van der Waals surface area contributed by atoms with Gasteiger partial charge in [0.1, 0.15) is 0 Å². The molecule has 8 heteroatoms. The summed E-state index contributed by atoms with van der Waals surface area (Å²) in [5.41, 5.74) is 1.98. The number of hydrogen-bond acceptors (Lipinski definition) is 5. The monoisotopic (exact) mass is 386 g/mol. The number of anilines is 2. The summed E-state index contributed by atoms with van der Waals surface area (Å²) in [6, 6.07) is 8.25. The Bertz CT molecular complexity index is 922.